The molecular weight excluding hydrogens is 480 g/mol. The predicted octanol–water partition coefficient (Wildman–Crippen LogP) is 3.63. The molecule has 11 heteroatoms. The van der Waals surface area contributed by atoms with Crippen molar-refractivity contribution in [3.63, 3.8) is 0 Å². The molecule has 36 heavy (non-hydrogen) atoms. The van der Waals surface area contributed by atoms with E-state index in [9.17, 15) is 4.21 Å². The van der Waals surface area contributed by atoms with Gasteiger partial charge in [-0.2, -0.15) is 0 Å². The second-order valence-corrected chi connectivity index (χ2v) is 10.2. The fourth-order valence-electron chi connectivity index (χ4n) is 5.50. The van der Waals surface area contributed by atoms with Crippen LogP contribution in [0.1, 0.15) is 36.0 Å². The molecule has 1 fully saturated rings. The van der Waals surface area contributed by atoms with Crippen LogP contribution in [0.25, 0.3) is 22.2 Å². The lowest BCUT2D eigenvalue weighted by Crippen LogP contribution is -2.30. The van der Waals surface area contributed by atoms with E-state index in [0.717, 1.165) is 76.9 Å². The maximum Gasteiger partial charge on any atom is 0.231 e. The summed E-state index contributed by atoms with van der Waals surface area (Å²) in [7, 11) is 0. The second-order valence-electron chi connectivity index (χ2n) is 9.41. The highest BCUT2D eigenvalue weighted by molar-refractivity contribution is 7.77. The number of imidazole rings is 1. The molecule has 2 aliphatic rings. The summed E-state index contributed by atoms with van der Waals surface area (Å²) in [5, 5.41) is 4.15. The number of pyridine rings is 1. The summed E-state index contributed by atoms with van der Waals surface area (Å²) < 4.78 is 36.7. The zero-order valence-electron chi connectivity index (χ0n) is 20.2. The quantitative estimate of drug-likeness (QED) is 0.363. The number of anilines is 1. The molecule has 3 aromatic heterocycles. The summed E-state index contributed by atoms with van der Waals surface area (Å²) in [5.74, 6) is 2.87. The van der Waals surface area contributed by atoms with Gasteiger partial charge in [0.05, 0.1) is 22.5 Å². The Balaban J connectivity index is 1.45. The Hall–Kier alpha value is -3.28. The summed E-state index contributed by atoms with van der Waals surface area (Å²) >= 11 is -1.98. The molecule has 0 amide bonds. The third kappa shape index (κ3) is 3.97. The second kappa shape index (κ2) is 9.30. The van der Waals surface area contributed by atoms with Crippen molar-refractivity contribution in [2.24, 2.45) is 5.92 Å². The number of nitrogens with zero attached hydrogens (tertiary/aromatic N) is 5. The van der Waals surface area contributed by atoms with E-state index < -0.39 is 11.3 Å². The normalized spacial score (nSPS) is 20.1. The predicted molar refractivity (Wildman–Crippen MR) is 136 cm³/mol. The highest BCUT2D eigenvalue weighted by Crippen LogP contribution is 2.46. The molecule has 6 rings (SSSR count). The molecule has 0 radical (unpaired) electrons. The molecule has 188 valence electrons. The average Bonchev–Trinajstić information content (AvgIpc) is 3.58. The highest BCUT2D eigenvalue weighted by atomic mass is 32.2. The summed E-state index contributed by atoms with van der Waals surface area (Å²) in [6.45, 7) is 6.51. The van der Waals surface area contributed by atoms with E-state index in [0.29, 0.717) is 19.1 Å². The van der Waals surface area contributed by atoms with Gasteiger partial charge < -0.3 is 14.2 Å². The van der Waals surface area contributed by atoms with Crippen LogP contribution >= 0.6 is 0 Å². The first-order valence-corrected chi connectivity index (χ1v) is 13.2. The van der Waals surface area contributed by atoms with Gasteiger partial charge in [0.15, 0.2) is 5.75 Å². The zero-order valence-corrected chi connectivity index (χ0v) is 21.0. The van der Waals surface area contributed by atoms with Crippen LogP contribution in [-0.2, 0) is 11.3 Å². The summed E-state index contributed by atoms with van der Waals surface area (Å²) in [4.78, 5) is 12.1. The highest BCUT2D eigenvalue weighted by Gasteiger charge is 2.35. The molecule has 4 aromatic rings. The van der Waals surface area contributed by atoms with Crippen molar-refractivity contribution in [2.75, 3.05) is 31.1 Å². The molecule has 2 N–H and O–H groups in total. The number of nitrogens with one attached hydrogen (secondary N) is 1. The molecule has 1 aromatic carbocycles. The largest absolute Gasteiger partial charge is 0.488 e. The number of aromatic nitrogens is 4. The third-order valence-corrected chi connectivity index (χ3v) is 7.61. The van der Waals surface area contributed by atoms with E-state index >= 15 is 0 Å². The Labute approximate surface area is 211 Å². The van der Waals surface area contributed by atoms with Crippen LogP contribution in [0.15, 0.2) is 41.1 Å². The Morgan fingerprint density at radius 3 is 2.89 bits per heavy atom. The standard InChI is InChI=1S/C25H28N6O4S/c1-15-22(16(2)35-29-15)18-6-7-20-23-24(18)34-14-21(19-5-3-4-10-26-19)31(23)25(28-20)30-12-9-17(13-30)8-11-27-36(32)33/h3-7,10,17,21,27H,8-9,11-14H2,1-2H3,(H,32,33)/t17-,21+/m0/s1. The van der Waals surface area contributed by atoms with Crippen LogP contribution in [0, 0.1) is 19.8 Å². The number of rotatable bonds is 7. The number of ether oxygens (including phenoxy) is 1. The maximum absolute atomic E-state index is 11.0. The van der Waals surface area contributed by atoms with Gasteiger partial charge in [-0.05, 0) is 56.9 Å². The van der Waals surface area contributed by atoms with Gasteiger partial charge in [0, 0.05) is 31.4 Å². The van der Waals surface area contributed by atoms with Gasteiger partial charge in [-0.15, -0.1) is 0 Å². The van der Waals surface area contributed by atoms with Crippen LogP contribution in [0.2, 0.25) is 0 Å². The van der Waals surface area contributed by atoms with Crippen molar-refractivity contribution in [3.05, 3.63) is 53.7 Å². The van der Waals surface area contributed by atoms with Crippen molar-refractivity contribution in [3.8, 4) is 16.9 Å². The Morgan fingerprint density at radius 2 is 2.14 bits per heavy atom. The van der Waals surface area contributed by atoms with E-state index in [-0.39, 0.29) is 6.04 Å². The smallest absolute Gasteiger partial charge is 0.231 e. The SMILES string of the molecule is Cc1noc(C)c1-c1ccc2nc(N3CC[C@H](CCNS(=O)O)C3)n3c2c1OC[C@@H]3c1ccccn1. The average molecular weight is 509 g/mol. The van der Waals surface area contributed by atoms with Crippen LogP contribution in [0.4, 0.5) is 5.95 Å². The van der Waals surface area contributed by atoms with Gasteiger partial charge in [-0.1, -0.05) is 11.2 Å². The lowest BCUT2D eigenvalue weighted by atomic mass is 10.0. The fraction of sp³-hybridized carbons (Fsp3) is 0.400. The van der Waals surface area contributed by atoms with Crippen molar-refractivity contribution in [1.29, 1.82) is 0 Å². The van der Waals surface area contributed by atoms with Gasteiger partial charge in [-0.3, -0.25) is 14.1 Å². The van der Waals surface area contributed by atoms with Gasteiger partial charge in [0.25, 0.3) is 0 Å². The molecule has 1 saturated heterocycles. The zero-order chi connectivity index (χ0) is 24.8. The van der Waals surface area contributed by atoms with E-state index in [1.807, 2.05) is 50.4 Å². The molecule has 0 saturated carbocycles. The van der Waals surface area contributed by atoms with Gasteiger partial charge in [0.2, 0.25) is 17.2 Å². The van der Waals surface area contributed by atoms with Gasteiger partial charge in [0.1, 0.15) is 23.9 Å². The molecule has 0 bridgehead atoms. The van der Waals surface area contributed by atoms with Crippen LogP contribution in [0.3, 0.4) is 0 Å². The van der Waals surface area contributed by atoms with Crippen molar-refractivity contribution >= 4 is 28.2 Å². The first kappa shape index (κ1) is 23.1. The third-order valence-electron chi connectivity index (χ3n) is 7.16. The summed E-state index contributed by atoms with van der Waals surface area (Å²) in [6, 6.07) is 9.91. The van der Waals surface area contributed by atoms with Crippen molar-refractivity contribution in [1.82, 2.24) is 24.4 Å². The maximum atomic E-state index is 11.0. The van der Waals surface area contributed by atoms with Crippen molar-refractivity contribution < 1.29 is 18.0 Å². The first-order chi connectivity index (χ1) is 17.5. The first-order valence-electron chi connectivity index (χ1n) is 12.1. The lowest BCUT2D eigenvalue weighted by molar-refractivity contribution is 0.258. The summed E-state index contributed by atoms with van der Waals surface area (Å²) in [6.07, 6.45) is 3.64. The van der Waals surface area contributed by atoms with Crippen LogP contribution in [-0.4, -0.2) is 54.7 Å². The molecule has 1 unspecified atom stereocenters. The summed E-state index contributed by atoms with van der Waals surface area (Å²) in [5.41, 5.74) is 5.48. The number of benzene rings is 1. The topological polar surface area (TPSA) is 119 Å². The monoisotopic (exact) mass is 508 g/mol. The van der Waals surface area contributed by atoms with Gasteiger partial charge >= 0.3 is 0 Å². The Bertz CT molecular complexity index is 1420. The number of aryl methyl sites for hydroxylation is 2. The van der Waals surface area contributed by atoms with Crippen LogP contribution in [0.5, 0.6) is 5.75 Å². The molecule has 10 nitrogen and oxygen atoms in total. The molecule has 0 spiro atoms. The number of hydrogen-bond acceptors (Lipinski definition) is 7. The minimum atomic E-state index is -1.98. The minimum Gasteiger partial charge on any atom is -0.488 e. The van der Waals surface area contributed by atoms with E-state index in [2.05, 4.69) is 24.3 Å². The Kier molecular flexibility index (Phi) is 5.98. The van der Waals surface area contributed by atoms with E-state index in [1.165, 1.54) is 0 Å². The Morgan fingerprint density at radius 1 is 1.25 bits per heavy atom. The molecule has 3 atom stereocenters. The van der Waals surface area contributed by atoms with Crippen LogP contribution < -0.4 is 14.4 Å². The minimum absolute atomic E-state index is 0.115. The van der Waals surface area contributed by atoms with E-state index in [1.54, 1.807) is 0 Å². The molecule has 5 heterocycles. The van der Waals surface area contributed by atoms with Crippen molar-refractivity contribution in [2.45, 2.75) is 32.7 Å². The number of hydrogen-bond donors (Lipinski definition) is 2. The lowest BCUT2D eigenvalue weighted by Gasteiger charge is -2.30. The fourth-order valence-corrected chi connectivity index (χ4v) is 5.79. The molecule has 0 aliphatic carbocycles. The molecule has 2 aliphatic heterocycles. The molecular formula is C25H28N6O4S. The van der Waals surface area contributed by atoms with E-state index in [4.69, 9.17) is 18.8 Å². The van der Waals surface area contributed by atoms with Gasteiger partial charge in [-0.25, -0.2) is 13.9 Å².